The van der Waals surface area contributed by atoms with Gasteiger partial charge in [0, 0.05) is 29.4 Å². The Labute approximate surface area is 147 Å². The molecular formula is C19H12O7. The summed E-state index contributed by atoms with van der Waals surface area (Å²) >= 11 is 0. The summed E-state index contributed by atoms with van der Waals surface area (Å²) in [6, 6.07) is 9.55. The number of hydrogen-bond acceptors (Lipinski definition) is 7. The Bertz CT molecular complexity index is 993. The van der Waals surface area contributed by atoms with E-state index in [2.05, 4.69) is 0 Å². The molecule has 130 valence electrons. The highest BCUT2D eigenvalue weighted by Gasteiger charge is 2.50. The van der Waals surface area contributed by atoms with Crippen LogP contribution in [0.25, 0.3) is 0 Å². The Hall–Kier alpha value is -3.03. The zero-order valence-corrected chi connectivity index (χ0v) is 13.6. The molecule has 0 amide bonds. The molecule has 0 spiro atoms. The van der Waals surface area contributed by atoms with Crippen LogP contribution < -0.4 is 0 Å². The number of cyclic esters (lactones) is 1. The van der Waals surface area contributed by atoms with Crippen molar-refractivity contribution in [2.75, 3.05) is 7.11 Å². The van der Waals surface area contributed by atoms with Crippen molar-refractivity contribution in [2.24, 2.45) is 0 Å². The molecule has 0 radical (unpaired) electrons. The van der Waals surface area contributed by atoms with Crippen LogP contribution >= 0.6 is 0 Å². The average molecular weight is 352 g/mol. The fourth-order valence-electron chi connectivity index (χ4n) is 3.35. The maximum atomic E-state index is 12.9. The molecule has 3 heterocycles. The number of epoxide rings is 1. The van der Waals surface area contributed by atoms with Crippen molar-refractivity contribution in [1.29, 1.82) is 0 Å². The van der Waals surface area contributed by atoms with Crippen LogP contribution in [0.1, 0.15) is 60.2 Å². The third-order valence-electron chi connectivity index (χ3n) is 4.73. The molecule has 3 aliphatic heterocycles. The quantitative estimate of drug-likeness (QED) is 0.475. The van der Waals surface area contributed by atoms with Gasteiger partial charge in [-0.2, -0.15) is 0 Å². The van der Waals surface area contributed by atoms with Gasteiger partial charge in [-0.3, -0.25) is 4.79 Å². The molecule has 0 N–H and O–H groups in total. The zero-order chi connectivity index (χ0) is 18.0. The Morgan fingerprint density at radius 1 is 0.923 bits per heavy atom. The summed E-state index contributed by atoms with van der Waals surface area (Å²) < 4.78 is 20.5. The van der Waals surface area contributed by atoms with Crippen molar-refractivity contribution in [3.8, 4) is 0 Å². The lowest BCUT2D eigenvalue weighted by Crippen LogP contribution is -2.17. The lowest BCUT2D eigenvalue weighted by molar-refractivity contribution is -0.0816. The van der Waals surface area contributed by atoms with E-state index in [1.165, 1.54) is 13.2 Å². The molecule has 3 aliphatic rings. The minimum atomic E-state index is -0.750. The van der Waals surface area contributed by atoms with Crippen LogP contribution in [0.4, 0.5) is 0 Å². The van der Waals surface area contributed by atoms with Crippen LogP contribution in [0.15, 0.2) is 36.4 Å². The van der Waals surface area contributed by atoms with Gasteiger partial charge in [0.05, 0.1) is 11.1 Å². The first-order valence-corrected chi connectivity index (χ1v) is 7.99. The summed E-state index contributed by atoms with van der Waals surface area (Å²) in [4.78, 5) is 36.6. The molecular weight excluding hydrogens is 340 g/mol. The first kappa shape index (κ1) is 15.2. The van der Waals surface area contributed by atoms with Crippen molar-refractivity contribution in [2.45, 2.75) is 18.7 Å². The Kier molecular flexibility index (Phi) is 3.07. The second-order valence-corrected chi connectivity index (χ2v) is 6.24. The van der Waals surface area contributed by atoms with Gasteiger partial charge in [0.2, 0.25) is 12.6 Å². The topological polar surface area (TPSA) is 91.4 Å². The third-order valence-corrected chi connectivity index (χ3v) is 4.73. The van der Waals surface area contributed by atoms with Gasteiger partial charge in [0.1, 0.15) is 0 Å². The largest absolute Gasteiger partial charge is 0.429 e. The molecule has 1 fully saturated rings. The van der Waals surface area contributed by atoms with E-state index in [1.807, 2.05) is 0 Å². The smallest absolute Gasteiger partial charge is 0.341 e. The number of benzene rings is 2. The normalized spacial score (nSPS) is 24.9. The SMILES string of the molecule is COC1OC(=O)c2cc(C(=O)c3ccc4c(c3)[C@@H]3OC3OC4=O)ccc21. The van der Waals surface area contributed by atoms with Crippen molar-refractivity contribution in [1.82, 2.24) is 0 Å². The zero-order valence-electron chi connectivity index (χ0n) is 13.6. The molecule has 0 bridgehead atoms. The van der Waals surface area contributed by atoms with E-state index in [0.717, 1.165) is 0 Å². The fourth-order valence-corrected chi connectivity index (χ4v) is 3.35. The molecule has 7 heteroatoms. The third kappa shape index (κ3) is 2.11. The molecule has 0 aliphatic carbocycles. The van der Waals surface area contributed by atoms with Crippen molar-refractivity contribution in [3.63, 3.8) is 0 Å². The molecule has 2 aromatic rings. The van der Waals surface area contributed by atoms with E-state index in [-0.39, 0.29) is 11.9 Å². The lowest BCUT2D eigenvalue weighted by atomic mass is 9.94. The van der Waals surface area contributed by atoms with Crippen molar-refractivity contribution in [3.05, 3.63) is 69.8 Å². The van der Waals surface area contributed by atoms with Gasteiger partial charge in [-0.1, -0.05) is 18.2 Å². The molecule has 5 rings (SSSR count). The van der Waals surface area contributed by atoms with Crippen LogP contribution in [0.3, 0.4) is 0 Å². The molecule has 7 nitrogen and oxygen atoms in total. The van der Waals surface area contributed by atoms with Gasteiger partial charge < -0.3 is 18.9 Å². The highest BCUT2D eigenvalue weighted by molar-refractivity contribution is 6.11. The van der Waals surface area contributed by atoms with Crippen molar-refractivity contribution >= 4 is 17.7 Å². The second-order valence-electron chi connectivity index (χ2n) is 6.24. The average Bonchev–Trinajstić information content (AvgIpc) is 3.37. The predicted octanol–water partition coefficient (Wildman–Crippen LogP) is 2.30. The summed E-state index contributed by atoms with van der Waals surface area (Å²) in [7, 11) is 1.44. The first-order chi connectivity index (χ1) is 12.6. The lowest BCUT2D eigenvalue weighted by Gasteiger charge is -2.13. The molecule has 0 aromatic heterocycles. The number of carbonyl (C=O) groups excluding carboxylic acids is 3. The van der Waals surface area contributed by atoms with Crippen molar-refractivity contribution < 1.29 is 33.3 Å². The number of rotatable bonds is 3. The van der Waals surface area contributed by atoms with Gasteiger partial charge in [0.15, 0.2) is 11.9 Å². The van der Waals surface area contributed by atoms with E-state index in [4.69, 9.17) is 18.9 Å². The second kappa shape index (κ2) is 5.23. The molecule has 1 saturated heterocycles. The van der Waals surface area contributed by atoms with Gasteiger partial charge in [-0.15, -0.1) is 0 Å². The molecule has 26 heavy (non-hydrogen) atoms. The molecule has 2 aromatic carbocycles. The Morgan fingerprint density at radius 2 is 1.65 bits per heavy atom. The standard InChI is InChI=1S/C19H12O7/c1-23-18-11-5-3-9(7-13(11)17(22)25-18)14(20)8-2-4-10-12(6-8)15-19(24-15)26-16(10)21/h2-7,15,18-19H,1H3/t15-,18?,19?/m0/s1. The molecule has 0 saturated carbocycles. The summed E-state index contributed by atoms with van der Waals surface area (Å²) in [6.45, 7) is 0. The number of ether oxygens (including phenoxy) is 4. The van der Waals surface area contributed by atoms with Gasteiger partial charge in [0.25, 0.3) is 0 Å². The maximum absolute atomic E-state index is 12.9. The fraction of sp³-hybridized carbons (Fsp3) is 0.211. The Morgan fingerprint density at radius 3 is 2.46 bits per heavy atom. The minimum absolute atomic E-state index is 0.264. The van der Waals surface area contributed by atoms with Gasteiger partial charge in [-0.25, -0.2) is 9.59 Å². The number of carbonyl (C=O) groups is 3. The number of methoxy groups -OCH3 is 1. The summed E-state index contributed by atoms with van der Waals surface area (Å²) in [6.07, 6.45) is -1.62. The minimum Gasteiger partial charge on any atom is -0.429 e. The predicted molar refractivity (Wildman–Crippen MR) is 84.5 cm³/mol. The Balaban J connectivity index is 1.52. The monoisotopic (exact) mass is 352 g/mol. The van der Waals surface area contributed by atoms with Crippen LogP contribution in [-0.4, -0.2) is 31.1 Å². The maximum Gasteiger partial charge on any atom is 0.341 e. The van der Waals surface area contributed by atoms with Crippen LogP contribution in [-0.2, 0) is 18.9 Å². The number of esters is 2. The van der Waals surface area contributed by atoms with Gasteiger partial charge in [-0.05, 0) is 18.2 Å². The highest BCUT2D eigenvalue weighted by Crippen LogP contribution is 2.45. The van der Waals surface area contributed by atoms with E-state index in [0.29, 0.717) is 33.4 Å². The first-order valence-electron chi connectivity index (χ1n) is 7.99. The summed E-state index contributed by atoms with van der Waals surface area (Å²) in [5.74, 6) is -1.24. The van der Waals surface area contributed by atoms with E-state index in [1.54, 1.807) is 30.3 Å². The van der Waals surface area contributed by atoms with Crippen LogP contribution in [0, 0.1) is 0 Å². The summed E-state index contributed by atoms with van der Waals surface area (Å²) in [5.41, 5.74) is 2.72. The molecule has 3 atom stereocenters. The summed E-state index contributed by atoms with van der Waals surface area (Å²) in [5, 5.41) is 0. The van der Waals surface area contributed by atoms with E-state index in [9.17, 15) is 14.4 Å². The van der Waals surface area contributed by atoms with E-state index >= 15 is 0 Å². The number of fused-ring (bicyclic) bond motifs is 4. The van der Waals surface area contributed by atoms with Crippen LogP contribution in [0.2, 0.25) is 0 Å². The van der Waals surface area contributed by atoms with Crippen LogP contribution in [0.5, 0.6) is 0 Å². The number of hydrogen-bond donors (Lipinski definition) is 0. The van der Waals surface area contributed by atoms with Gasteiger partial charge >= 0.3 is 11.9 Å². The highest BCUT2D eigenvalue weighted by atomic mass is 16.8. The number of ketones is 1. The van der Waals surface area contributed by atoms with E-state index < -0.39 is 24.5 Å². The molecule has 2 unspecified atom stereocenters.